The Bertz CT molecular complexity index is 967. The lowest BCUT2D eigenvalue weighted by Gasteiger charge is -2.27. The predicted octanol–water partition coefficient (Wildman–Crippen LogP) is 1.54. The van der Waals surface area contributed by atoms with Crippen LogP contribution in [0.15, 0.2) is 36.4 Å². The van der Waals surface area contributed by atoms with Gasteiger partial charge in [-0.15, -0.1) is 15.3 Å². The zero-order valence-electron chi connectivity index (χ0n) is 15.7. The number of rotatable bonds is 6. The van der Waals surface area contributed by atoms with Gasteiger partial charge in [-0.2, -0.15) is 4.52 Å². The molecule has 9 nitrogen and oxygen atoms in total. The number of ether oxygens (including phenoxy) is 2. The standard InChI is InChI=1S/C19H22N6O3/c1-27-15-4-2-3-14(13-15)20-19(26)8-7-17-22-21-16-5-6-18(23-25(16)17)24-9-11-28-12-10-24/h2-6,13H,7-12H2,1H3,(H,20,26). The zero-order chi connectivity index (χ0) is 19.3. The molecule has 0 radical (unpaired) electrons. The molecule has 0 spiro atoms. The second-order valence-electron chi connectivity index (χ2n) is 6.46. The van der Waals surface area contributed by atoms with Crippen molar-refractivity contribution in [2.75, 3.05) is 43.6 Å². The van der Waals surface area contributed by atoms with Crippen LogP contribution in [-0.2, 0) is 16.0 Å². The topological polar surface area (TPSA) is 93.9 Å². The van der Waals surface area contributed by atoms with Crippen molar-refractivity contribution in [3.63, 3.8) is 0 Å². The van der Waals surface area contributed by atoms with Gasteiger partial charge in [0.1, 0.15) is 11.6 Å². The van der Waals surface area contributed by atoms with Crippen LogP contribution >= 0.6 is 0 Å². The summed E-state index contributed by atoms with van der Waals surface area (Å²) in [6, 6.07) is 11.1. The molecular weight excluding hydrogens is 360 g/mol. The lowest BCUT2D eigenvalue weighted by molar-refractivity contribution is -0.116. The number of aryl methyl sites for hydroxylation is 1. The van der Waals surface area contributed by atoms with Crippen LogP contribution in [0.25, 0.3) is 5.65 Å². The summed E-state index contributed by atoms with van der Waals surface area (Å²) in [5.41, 5.74) is 1.36. The minimum absolute atomic E-state index is 0.102. The Kier molecular flexibility index (Phi) is 5.34. The van der Waals surface area contributed by atoms with E-state index in [1.54, 1.807) is 17.7 Å². The number of benzene rings is 1. The summed E-state index contributed by atoms with van der Waals surface area (Å²) in [7, 11) is 1.59. The number of morpholine rings is 1. The Morgan fingerprint density at radius 3 is 2.89 bits per heavy atom. The number of hydrogen-bond donors (Lipinski definition) is 1. The van der Waals surface area contributed by atoms with Crippen molar-refractivity contribution in [2.24, 2.45) is 0 Å². The smallest absolute Gasteiger partial charge is 0.224 e. The zero-order valence-corrected chi connectivity index (χ0v) is 15.7. The number of fused-ring (bicyclic) bond motifs is 1. The molecule has 28 heavy (non-hydrogen) atoms. The van der Waals surface area contributed by atoms with Crippen LogP contribution in [0, 0.1) is 0 Å². The van der Waals surface area contributed by atoms with Crippen LogP contribution in [0.5, 0.6) is 5.75 Å². The van der Waals surface area contributed by atoms with Gasteiger partial charge in [-0.25, -0.2) is 0 Å². The molecule has 0 bridgehead atoms. The summed E-state index contributed by atoms with van der Waals surface area (Å²) >= 11 is 0. The largest absolute Gasteiger partial charge is 0.497 e. The number of anilines is 2. The molecule has 0 atom stereocenters. The molecule has 1 fully saturated rings. The van der Waals surface area contributed by atoms with Crippen molar-refractivity contribution < 1.29 is 14.3 Å². The number of aromatic nitrogens is 4. The summed E-state index contributed by atoms with van der Waals surface area (Å²) in [6.07, 6.45) is 0.720. The second kappa shape index (κ2) is 8.22. The molecule has 1 saturated heterocycles. The quantitative estimate of drug-likeness (QED) is 0.691. The average molecular weight is 382 g/mol. The molecule has 1 aromatic carbocycles. The lowest BCUT2D eigenvalue weighted by Crippen LogP contribution is -2.37. The Morgan fingerprint density at radius 2 is 2.07 bits per heavy atom. The SMILES string of the molecule is COc1cccc(NC(=O)CCc2nnc3ccc(N4CCOCC4)nn23)c1. The molecule has 0 aliphatic carbocycles. The molecule has 3 aromatic rings. The molecule has 2 aromatic heterocycles. The number of methoxy groups -OCH3 is 1. The number of carbonyl (C=O) groups excluding carboxylic acids is 1. The van der Waals surface area contributed by atoms with Crippen LogP contribution in [0.4, 0.5) is 11.5 Å². The van der Waals surface area contributed by atoms with E-state index in [1.807, 2.05) is 30.3 Å². The first-order valence-corrected chi connectivity index (χ1v) is 9.21. The first-order chi connectivity index (χ1) is 13.7. The van der Waals surface area contributed by atoms with Crippen LogP contribution in [-0.4, -0.2) is 59.1 Å². The summed E-state index contributed by atoms with van der Waals surface area (Å²) in [5, 5.41) is 15.9. The fourth-order valence-corrected chi connectivity index (χ4v) is 3.09. The van der Waals surface area contributed by atoms with E-state index in [1.165, 1.54) is 0 Å². The van der Waals surface area contributed by atoms with E-state index in [-0.39, 0.29) is 12.3 Å². The number of nitrogens with zero attached hydrogens (tertiary/aromatic N) is 5. The monoisotopic (exact) mass is 382 g/mol. The van der Waals surface area contributed by atoms with Crippen molar-refractivity contribution >= 4 is 23.1 Å². The average Bonchev–Trinajstić information content (AvgIpc) is 3.15. The fourth-order valence-electron chi connectivity index (χ4n) is 3.09. The first kappa shape index (κ1) is 18.2. The molecule has 146 valence electrons. The molecule has 1 aliphatic heterocycles. The van der Waals surface area contributed by atoms with Gasteiger partial charge in [-0.3, -0.25) is 4.79 Å². The van der Waals surface area contributed by atoms with Gasteiger partial charge in [-0.1, -0.05) is 6.07 Å². The van der Waals surface area contributed by atoms with Crippen LogP contribution in [0.1, 0.15) is 12.2 Å². The third-order valence-electron chi connectivity index (χ3n) is 4.58. The van der Waals surface area contributed by atoms with E-state index >= 15 is 0 Å². The second-order valence-corrected chi connectivity index (χ2v) is 6.46. The molecule has 4 rings (SSSR count). The van der Waals surface area contributed by atoms with Gasteiger partial charge in [0.2, 0.25) is 5.91 Å². The van der Waals surface area contributed by atoms with E-state index in [9.17, 15) is 4.79 Å². The maximum atomic E-state index is 12.3. The minimum atomic E-state index is -0.102. The van der Waals surface area contributed by atoms with Gasteiger partial charge in [0.25, 0.3) is 0 Å². The first-order valence-electron chi connectivity index (χ1n) is 9.21. The number of hydrogen-bond acceptors (Lipinski definition) is 7. The van der Waals surface area contributed by atoms with Gasteiger partial charge < -0.3 is 19.7 Å². The van der Waals surface area contributed by atoms with E-state index in [4.69, 9.17) is 9.47 Å². The van der Waals surface area contributed by atoms with E-state index in [0.717, 1.165) is 18.9 Å². The Balaban J connectivity index is 1.43. The fraction of sp³-hybridized carbons (Fsp3) is 0.368. The van der Waals surface area contributed by atoms with Gasteiger partial charge in [0.15, 0.2) is 11.5 Å². The van der Waals surface area contributed by atoms with Crippen molar-refractivity contribution in [1.29, 1.82) is 0 Å². The highest BCUT2D eigenvalue weighted by Gasteiger charge is 2.15. The number of nitrogens with one attached hydrogen (secondary N) is 1. The van der Waals surface area contributed by atoms with Crippen LogP contribution in [0.2, 0.25) is 0 Å². The van der Waals surface area contributed by atoms with Crippen LogP contribution in [0.3, 0.4) is 0 Å². The molecule has 3 heterocycles. The maximum absolute atomic E-state index is 12.3. The van der Waals surface area contributed by atoms with E-state index in [2.05, 4.69) is 25.5 Å². The Hall–Kier alpha value is -3.20. The highest BCUT2D eigenvalue weighted by atomic mass is 16.5. The molecular formula is C19H22N6O3. The van der Waals surface area contributed by atoms with Gasteiger partial charge in [-0.05, 0) is 24.3 Å². The maximum Gasteiger partial charge on any atom is 0.224 e. The third kappa shape index (κ3) is 4.04. The van der Waals surface area contributed by atoms with Gasteiger partial charge in [0.05, 0.1) is 20.3 Å². The lowest BCUT2D eigenvalue weighted by atomic mass is 10.2. The Morgan fingerprint density at radius 1 is 1.21 bits per heavy atom. The summed E-state index contributed by atoms with van der Waals surface area (Å²) in [5.74, 6) is 2.11. The molecule has 1 aliphatic rings. The third-order valence-corrected chi connectivity index (χ3v) is 4.58. The van der Waals surface area contributed by atoms with Crippen molar-refractivity contribution in [2.45, 2.75) is 12.8 Å². The highest BCUT2D eigenvalue weighted by molar-refractivity contribution is 5.90. The number of amides is 1. The Labute approximate surface area is 162 Å². The van der Waals surface area contributed by atoms with Crippen LogP contribution < -0.4 is 15.0 Å². The summed E-state index contributed by atoms with van der Waals surface area (Å²) in [4.78, 5) is 14.5. The van der Waals surface area contributed by atoms with Crippen molar-refractivity contribution in [1.82, 2.24) is 19.8 Å². The highest BCUT2D eigenvalue weighted by Crippen LogP contribution is 2.17. The summed E-state index contributed by atoms with van der Waals surface area (Å²) in [6.45, 7) is 3.00. The normalized spacial score (nSPS) is 14.2. The van der Waals surface area contributed by atoms with Crippen molar-refractivity contribution in [3.05, 3.63) is 42.2 Å². The minimum Gasteiger partial charge on any atom is -0.497 e. The molecule has 9 heteroatoms. The van der Waals surface area contributed by atoms with Gasteiger partial charge >= 0.3 is 0 Å². The van der Waals surface area contributed by atoms with Crippen molar-refractivity contribution in [3.8, 4) is 5.75 Å². The van der Waals surface area contributed by atoms with E-state index in [0.29, 0.717) is 42.5 Å². The number of carbonyl (C=O) groups is 1. The molecule has 1 N–H and O–H groups in total. The van der Waals surface area contributed by atoms with Gasteiger partial charge in [0, 0.05) is 37.7 Å². The molecule has 0 saturated carbocycles. The summed E-state index contributed by atoms with van der Waals surface area (Å²) < 4.78 is 12.3. The molecule has 1 amide bonds. The van der Waals surface area contributed by atoms with E-state index < -0.39 is 0 Å². The molecule has 0 unspecified atom stereocenters. The predicted molar refractivity (Wildman–Crippen MR) is 104 cm³/mol.